The highest BCUT2D eigenvalue weighted by atomic mass is 32.2. The van der Waals surface area contributed by atoms with Crippen LogP contribution in [0.1, 0.15) is 36.6 Å². The summed E-state index contributed by atoms with van der Waals surface area (Å²) in [6, 6.07) is 10.1. The summed E-state index contributed by atoms with van der Waals surface area (Å²) in [7, 11) is -3.06. The van der Waals surface area contributed by atoms with E-state index in [1.807, 2.05) is 18.2 Å². The molecule has 9 heteroatoms. The molecule has 1 saturated heterocycles. The number of aromatic nitrogens is 3. The molecule has 2 heterocycles. The molecule has 4 rings (SSSR count). The maximum atomic E-state index is 12.1. The van der Waals surface area contributed by atoms with Crippen molar-refractivity contribution in [2.24, 2.45) is 0 Å². The van der Waals surface area contributed by atoms with E-state index in [1.165, 1.54) is 11.8 Å². The second-order valence-electron chi connectivity index (χ2n) is 6.99. The summed E-state index contributed by atoms with van der Waals surface area (Å²) < 4.78 is 30.3. The van der Waals surface area contributed by atoms with Crippen molar-refractivity contribution in [1.29, 1.82) is 0 Å². The van der Waals surface area contributed by atoms with Crippen LogP contribution in [0.15, 0.2) is 35.5 Å². The molecule has 1 aromatic carbocycles. The zero-order chi connectivity index (χ0) is 18.9. The Hall–Kier alpha value is -1.87. The van der Waals surface area contributed by atoms with Crippen LogP contribution in [-0.2, 0) is 25.9 Å². The maximum absolute atomic E-state index is 12.1. The number of hydrogen-bond donors (Lipinski definition) is 0. The van der Waals surface area contributed by atoms with Crippen LogP contribution < -0.4 is 0 Å². The van der Waals surface area contributed by atoms with E-state index >= 15 is 0 Å². The fourth-order valence-corrected chi connectivity index (χ4v) is 5.48. The van der Waals surface area contributed by atoms with Crippen molar-refractivity contribution in [1.82, 2.24) is 14.8 Å². The first-order chi connectivity index (χ1) is 13.0. The van der Waals surface area contributed by atoms with Gasteiger partial charge < -0.3 is 9.30 Å². The van der Waals surface area contributed by atoms with Gasteiger partial charge in [-0.3, -0.25) is 4.79 Å². The zero-order valence-corrected chi connectivity index (χ0v) is 16.4. The minimum Gasteiger partial charge on any atom is -0.461 e. The average Bonchev–Trinajstić information content (AvgIpc) is 3.32. The number of hydrogen-bond acceptors (Lipinski definition) is 7. The number of thioether (sulfide) groups is 1. The summed E-state index contributed by atoms with van der Waals surface area (Å²) in [5.41, 5.74) is 1.15. The van der Waals surface area contributed by atoms with E-state index in [0.717, 1.165) is 24.2 Å². The fraction of sp³-hybridized carbons (Fsp3) is 0.500. The molecule has 0 radical (unpaired) electrons. The average molecular weight is 408 g/mol. The molecule has 0 amide bonds. The summed E-state index contributed by atoms with van der Waals surface area (Å²) in [5, 5.41) is 9.30. The number of carbonyl (C=O) groups excluding carboxylic acids is 1. The first-order valence-electron chi connectivity index (χ1n) is 9.00. The van der Waals surface area contributed by atoms with Gasteiger partial charge in [0.25, 0.3) is 0 Å². The Labute approximate surface area is 162 Å². The Bertz CT molecular complexity index is 923. The molecule has 1 atom stereocenters. The van der Waals surface area contributed by atoms with E-state index < -0.39 is 21.9 Å². The lowest BCUT2D eigenvalue weighted by Gasteiger charge is -2.11. The van der Waals surface area contributed by atoms with Crippen LogP contribution in [0.3, 0.4) is 0 Å². The van der Waals surface area contributed by atoms with Crippen LogP contribution in [-0.4, -0.2) is 52.5 Å². The lowest BCUT2D eigenvalue weighted by Crippen LogP contribution is -2.20. The van der Waals surface area contributed by atoms with Gasteiger partial charge in [-0.15, -0.1) is 10.2 Å². The second kappa shape index (κ2) is 7.63. The van der Waals surface area contributed by atoms with Gasteiger partial charge >= 0.3 is 5.97 Å². The third-order valence-electron chi connectivity index (χ3n) is 4.68. The Morgan fingerprint density at radius 3 is 2.63 bits per heavy atom. The van der Waals surface area contributed by atoms with Crippen molar-refractivity contribution in [3.05, 3.63) is 41.7 Å². The third-order valence-corrected chi connectivity index (χ3v) is 7.36. The predicted octanol–water partition coefficient (Wildman–Crippen LogP) is 2.03. The molecule has 144 valence electrons. The third kappa shape index (κ3) is 4.70. The predicted molar refractivity (Wildman–Crippen MR) is 101 cm³/mol. The Kier molecular flexibility index (Phi) is 5.23. The van der Waals surface area contributed by atoms with E-state index in [1.54, 1.807) is 0 Å². The quantitative estimate of drug-likeness (QED) is 0.512. The van der Waals surface area contributed by atoms with Gasteiger partial charge in [-0.05, 0) is 24.8 Å². The van der Waals surface area contributed by atoms with Crippen LogP contribution in [0.2, 0.25) is 0 Å². The molecule has 0 unspecified atom stereocenters. The summed E-state index contributed by atoms with van der Waals surface area (Å²) in [6.45, 7) is 0.665. The van der Waals surface area contributed by atoms with Crippen LogP contribution in [0.5, 0.6) is 0 Å². The molecule has 1 saturated carbocycles. The molecule has 0 bridgehead atoms. The minimum atomic E-state index is -3.06. The molecule has 27 heavy (non-hydrogen) atoms. The Morgan fingerprint density at radius 1 is 1.19 bits per heavy atom. The molecule has 1 aromatic heterocycles. The van der Waals surface area contributed by atoms with Crippen molar-refractivity contribution in [3.8, 4) is 0 Å². The number of sulfone groups is 1. The van der Waals surface area contributed by atoms with Crippen LogP contribution in [0.4, 0.5) is 0 Å². The van der Waals surface area contributed by atoms with Gasteiger partial charge in [-0.2, -0.15) is 0 Å². The molecule has 2 aromatic rings. The van der Waals surface area contributed by atoms with Gasteiger partial charge in [0.2, 0.25) is 0 Å². The summed E-state index contributed by atoms with van der Waals surface area (Å²) in [6.07, 6.45) is 2.10. The van der Waals surface area contributed by atoms with Gasteiger partial charge in [0.05, 0.1) is 23.8 Å². The van der Waals surface area contributed by atoms with Crippen molar-refractivity contribution in [2.75, 3.05) is 17.3 Å². The summed E-state index contributed by atoms with van der Waals surface area (Å²) >= 11 is 1.29. The lowest BCUT2D eigenvalue weighted by atomic mass is 10.2. The van der Waals surface area contributed by atoms with E-state index in [0.29, 0.717) is 24.0 Å². The van der Waals surface area contributed by atoms with Crippen molar-refractivity contribution < 1.29 is 17.9 Å². The largest absolute Gasteiger partial charge is 0.461 e. The topological polar surface area (TPSA) is 91.2 Å². The van der Waals surface area contributed by atoms with Crippen LogP contribution in [0.25, 0.3) is 0 Å². The first kappa shape index (κ1) is 18.5. The molecule has 1 aliphatic carbocycles. The molecule has 2 fully saturated rings. The molecule has 0 spiro atoms. The molecule has 7 nitrogen and oxygen atoms in total. The van der Waals surface area contributed by atoms with Crippen LogP contribution >= 0.6 is 11.8 Å². The van der Waals surface area contributed by atoms with Crippen molar-refractivity contribution in [3.63, 3.8) is 0 Å². The molecule has 2 aliphatic rings. The van der Waals surface area contributed by atoms with Gasteiger partial charge in [0.1, 0.15) is 11.9 Å². The molecule has 1 aliphatic heterocycles. The SMILES string of the molecule is O=C(CSc1nnc(C2CC2)n1Cc1ccccc1)O[C@H]1CCS(=O)(=O)C1. The van der Waals surface area contributed by atoms with Gasteiger partial charge in [-0.25, -0.2) is 8.42 Å². The fourth-order valence-electron chi connectivity index (χ4n) is 3.16. The van der Waals surface area contributed by atoms with Crippen molar-refractivity contribution in [2.45, 2.75) is 43.0 Å². The second-order valence-corrected chi connectivity index (χ2v) is 10.2. The number of nitrogens with zero attached hydrogens (tertiary/aromatic N) is 3. The highest BCUT2D eigenvalue weighted by Gasteiger charge is 2.32. The van der Waals surface area contributed by atoms with E-state index in [-0.39, 0.29) is 17.3 Å². The van der Waals surface area contributed by atoms with Crippen molar-refractivity contribution >= 4 is 27.6 Å². The van der Waals surface area contributed by atoms with E-state index in [2.05, 4.69) is 26.9 Å². The molecule has 0 N–H and O–H groups in total. The van der Waals surface area contributed by atoms with Gasteiger partial charge in [-0.1, -0.05) is 42.1 Å². The Balaban J connectivity index is 1.40. The minimum absolute atomic E-state index is 0.0700. The van der Waals surface area contributed by atoms with E-state index in [9.17, 15) is 13.2 Å². The monoisotopic (exact) mass is 407 g/mol. The normalized spacial score (nSPS) is 21.3. The van der Waals surface area contributed by atoms with Gasteiger partial charge in [0, 0.05) is 5.92 Å². The summed E-state index contributed by atoms with van der Waals surface area (Å²) in [4.78, 5) is 12.1. The highest BCUT2D eigenvalue weighted by Crippen LogP contribution is 2.40. The number of ether oxygens (including phenoxy) is 1. The molecular weight excluding hydrogens is 386 g/mol. The lowest BCUT2D eigenvalue weighted by molar-refractivity contribution is -0.144. The maximum Gasteiger partial charge on any atom is 0.316 e. The number of esters is 1. The standard InChI is InChI=1S/C18H21N3O4S2/c22-16(25-15-8-9-27(23,24)12-15)11-26-18-20-19-17(14-6-7-14)21(18)10-13-4-2-1-3-5-13/h1-5,14-15H,6-12H2/t15-/m0/s1. The Morgan fingerprint density at radius 2 is 1.96 bits per heavy atom. The molecular formula is C18H21N3O4S2. The number of benzene rings is 1. The van der Waals surface area contributed by atoms with Crippen LogP contribution in [0, 0.1) is 0 Å². The smallest absolute Gasteiger partial charge is 0.316 e. The number of rotatable bonds is 7. The van der Waals surface area contributed by atoms with E-state index in [4.69, 9.17) is 4.74 Å². The number of carbonyl (C=O) groups is 1. The first-order valence-corrected chi connectivity index (χ1v) is 11.8. The van der Waals surface area contributed by atoms with Gasteiger partial charge in [0.15, 0.2) is 15.0 Å². The summed E-state index contributed by atoms with van der Waals surface area (Å²) in [5.74, 6) is 1.12. The highest BCUT2D eigenvalue weighted by molar-refractivity contribution is 7.99. The zero-order valence-electron chi connectivity index (χ0n) is 14.8.